The van der Waals surface area contributed by atoms with Crippen LogP contribution in [0.15, 0.2) is 46.2 Å². The molecule has 94 valence electrons. The van der Waals surface area contributed by atoms with Gasteiger partial charge in [0.15, 0.2) is 0 Å². The zero-order valence-electron chi connectivity index (χ0n) is 9.29. The molecule has 0 unspecified atom stereocenters. The molecule has 0 bridgehead atoms. The van der Waals surface area contributed by atoms with E-state index in [1.54, 1.807) is 6.07 Å². The highest BCUT2D eigenvalue weighted by Gasteiger charge is 2.12. The molecule has 0 saturated carbocycles. The molecular formula is C13H10F3NS. The van der Waals surface area contributed by atoms with Gasteiger partial charge in [-0.2, -0.15) is 0 Å². The van der Waals surface area contributed by atoms with Gasteiger partial charge in [0.1, 0.15) is 17.5 Å². The monoisotopic (exact) mass is 269 g/mol. The first-order valence-corrected chi connectivity index (χ1v) is 6.04. The molecule has 0 fully saturated rings. The van der Waals surface area contributed by atoms with E-state index in [1.165, 1.54) is 12.1 Å². The number of nitrogens with two attached hydrogens (primary N) is 1. The lowest BCUT2D eigenvalue weighted by Gasteiger charge is -2.09. The van der Waals surface area contributed by atoms with Crippen LogP contribution in [0.25, 0.3) is 0 Å². The number of rotatable bonds is 3. The van der Waals surface area contributed by atoms with Gasteiger partial charge in [0.2, 0.25) is 0 Å². The molecule has 1 nitrogen and oxygen atoms in total. The maximum atomic E-state index is 13.7. The van der Waals surface area contributed by atoms with Crippen molar-refractivity contribution in [1.82, 2.24) is 0 Å². The molecule has 5 heteroatoms. The Balaban J connectivity index is 2.42. The Morgan fingerprint density at radius 2 is 1.78 bits per heavy atom. The zero-order chi connectivity index (χ0) is 13.1. The van der Waals surface area contributed by atoms with Gasteiger partial charge < -0.3 is 5.73 Å². The Bertz CT molecular complexity index is 572. The van der Waals surface area contributed by atoms with Gasteiger partial charge >= 0.3 is 0 Å². The molecule has 0 aromatic heterocycles. The molecule has 0 spiro atoms. The summed E-state index contributed by atoms with van der Waals surface area (Å²) in [5, 5.41) is 0. The van der Waals surface area contributed by atoms with Gasteiger partial charge in [0.25, 0.3) is 0 Å². The molecule has 0 atom stereocenters. The van der Waals surface area contributed by atoms with Crippen molar-refractivity contribution >= 4 is 11.8 Å². The summed E-state index contributed by atoms with van der Waals surface area (Å²) in [5.74, 6) is -1.65. The van der Waals surface area contributed by atoms with Crippen molar-refractivity contribution in [3.8, 4) is 0 Å². The van der Waals surface area contributed by atoms with Crippen LogP contribution in [0.3, 0.4) is 0 Å². The second kappa shape index (κ2) is 5.46. The molecule has 2 rings (SSSR count). The molecule has 18 heavy (non-hydrogen) atoms. The minimum Gasteiger partial charge on any atom is -0.326 e. The maximum absolute atomic E-state index is 13.7. The smallest absolute Gasteiger partial charge is 0.137 e. The van der Waals surface area contributed by atoms with E-state index >= 15 is 0 Å². The molecule has 2 N–H and O–H groups in total. The molecule has 0 saturated heterocycles. The number of halogens is 3. The molecule has 2 aromatic rings. The van der Waals surface area contributed by atoms with E-state index in [0.717, 1.165) is 30.0 Å². The maximum Gasteiger partial charge on any atom is 0.137 e. The van der Waals surface area contributed by atoms with Crippen LogP contribution in [0.5, 0.6) is 0 Å². The Morgan fingerprint density at radius 1 is 1.00 bits per heavy atom. The normalized spacial score (nSPS) is 10.7. The van der Waals surface area contributed by atoms with E-state index < -0.39 is 17.5 Å². The summed E-state index contributed by atoms with van der Waals surface area (Å²) in [6.07, 6.45) is 0. The van der Waals surface area contributed by atoms with Crippen LogP contribution in [-0.4, -0.2) is 0 Å². The van der Waals surface area contributed by atoms with Crippen molar-refractivity contribution < 1.29 is 13.2 Å². The summed E-state index contributed by atoms with van der Waals surface area (Å²) >= 11 is 0.836. The van der Waals surface area contributed by atoms with Gasteiger partial charge in [-0.1, -0.05) is 23.9 Å². The van der Waals surface area contributed by atoms with Crippen molar-refractivity contribution in [1.29, 1.82) is 0 Å². The first-order valence-electron chi connectivity index (χ1n) is 5.22. The Morgan fingerprint density at radius 3 is 2.50 bits per heavy atom. The third kappa shape index (κ3) is 2.68. The summed E-state index contributed by atoms with van der Waals surface area (Å²) < 4.78 is 40.2. The van der Waals surface area contributed by atoms with E-state index in [1.807, 2.05) is 0 Å². The van der Waals surface area contributed by atoms with Crippen molar-refractivity contribution in [2.45, 2.75) is 16.3 Å². The fraction of sp³-hybridized carbons (Fsp3) is 0.0769. The molecule has 2 aromatic carbocycles. The van der Waals surface area contributed by atoms with E-state index in [2.05, 4.69) is 0 Å². The molecule has 0 heterocycles. The van der Waals surface area contributed by atoms with Gasteiger partial charge in [-0.25, -0.2) is 13.2 Å². The summed E-state index contributed by atoms with van der Waals surface area (Å²) in [6.45, 7) is 0.136. The number of hydrogen-bond donors (Lipinski definition) is 1. The van der Waals surface area contributed by atoms with Crippen LogP contribution in [0.4, 0.5) is 13.2 Å². The fourth-order valence-electron chi connectivity index (χ4n) is 1.49. The second-order valence-corrected chi connectivity index (χ2v) is 4.66. The van der Waals surface area contributed by atoms with Crippen molar-refractivity contribution in [2.24, 2.45) is 5.73 Å². The van der Waals surface area contributed by atoms with Gasteiger partial charge in [0.05, 0.1) is 9.79 Å². The van der Waals surface area contributed by atoms with Gasteiger partial charge in [-0.15, -0.1) is 0 Å². The lowest BCUT2D eigenvalue weighted by Crippen LogP contribution is -2.00. The van der Waals surface area contributed by atoms with E-state index in [9.17, 15) is 13.2 Å². The first-order chi connectivity index (χ1) is 8.61. The largest absolute Gasteiger partial charge is 0.326 e. The van der Waals surface area contributed by atoms with Crippen LogP contribution >= 0.6 is 11.8 Å². The highest BCUT2D eigenvalue weighted by Crippen LogP contribution is 2.34. The fourth-order valence-corrected chi connectivity index (χ4v) is 2.50. The lowest BCUT2D eigenvalue weighted by atomic mass is 10.2. The Hall–Kier alpha value is -1.46. The predicted molar refractivity (Wildman–Crippen MR) is 64.8 cm³/mol. The molecule has 0 aliphatic heterocycles. The van der Waals surface area contributed by atoms with E-state index in [4.69, 9.17) is 5.73 Å². The topological polar surface area (TPSA) is 26.0 Å². The SMILES string of the molecule is NCc1cccc(F)c1Sc1cc(F)ccc1F. The first kappa shape index (κ1) is 13.0. The summed E-state index contributed by atoms with van der Waals surface area (Å²) in [4.78, 5) is 0.263. The minimum atomic E-state index is -0.590. The minimum absolute atomic E-state index is 0.0369. The highest BCUT2D eigenvalue weighted by atomic mass is 32.2. The van der Waals surface area contributed by atoms with Crippen molar-refractivity contribution in [3.05, 3.63) is 59.4 Å². The van der Waals surface area contributed by atoms with E-state index in [0.29, 0.717) is 5.56 Å². The van der Waals surface area contributed by atoms with Gasteiger partial charge in [0, 0.05) is 6.54 Å². The Labute approximate surface area is 107 Å². The summed E-state index contributed by atoms with van der Waals surface area (Å²) in [6, 6.07) is 7.52. The molecular weight excluding hydrogens is 259 g/mol. The van der Waals surface area contributed by atoms with Crippen molar-refractivity contribution in [3.63, 3.8) is 0 Å². The van der Waals surface area contributed by atoms with Crippen LogP contribution < -0.4 is 5.73 Å². The summed E-state index contributed by atoms with van der Waals surface area (Å²) in [5.41, 5.74) is 6.05. The molecule has 0 aliphatic carbocycles. The third-order valence-corrected chi connectivity index (χ3v) is 3.57. The molecule has 0 amide bonds. The highest BCUT2D eigenvalue weighted by molar-refractivity contribution is 7.99. The van der Waals surface area contributed by atoms with Gasteiger partial charge in [-0.3, -0.25) is 0 Å². The number of benzene rings is 2. The third-order valence-electron chi connectivity index (χ3n) is 2.37. The van der Waals surface area contributed by atoms with Gasteiger partial charge in [-0.05, 0) is 29.8 Å². The summed E-state index contributed by atoms with van der Waals surface area (Å²) in [7, 11) is 0. The average Bonchev–Trinajstić information content (AvgIpc) is 2.36. The standard InChI is InChI=1S/C13H10F3NS/c14-9-4-5-10(15)12(6-9)18-13-8(7-17)2-1-3-11(13)16/h1-6H,7,17H2. The second-order valence-electron chi connectivity index (χ2n) is 3.61. The Kier molecular flexibility index (Phi) is 3.93. The number of hydrogen-bond acceptors (Lipinski definition) is 2. The van der Waals surface area contributed by atoms with E-state index in [-0.39, 0.29) is 16.3 Å². The molecule has 0 radical (unpaired) electrons. The predicted octanol–water partition coefficient (Wildman–Crippen LogP) is 3.71. The van der Waals surface area contributed by atoms with Crippen LogP contribution in [0, 0.1) is 17.5 Å². The zero-order valence-corrected chi connectivity index (χ0v) is 10.1. The lowest BCUT2D eigenvalue weighted by molar-refractivity contribution is 0.575. The van der Waals surface area contributed by atoms with Crippen LogP contribution in [0.2, 0.25) is 0 Å². The molecule has 0 aliphatic rings. The van der Waals surface area contributed by atoms with Crippen LogP contribution in [0.1, 0.15) is 5.56 Å². The van der Waals surface area contributed by atoms with Crippen LogP contribution in [-0.2, 0) is 6.54 Å². The quantitative estimate of drug-likeness (QED) is 0.919. The van der Waals surface area contributed by atoms with Crippen molar-refractivity contribution in [2.75, 3.05) is 0 Å². The average molecular weight is 269 g/mol.